The van der Waals surface area contributed by atoms with Gasteiger partial charge in [0, 0.05) is 22.9 Å². The molecule has 0 bridgehead atoms. The van der Waals surface area contributed by atoms with E-state index in [0.717, 1.165) is 17.4 Å². The third kappa shape index (κ3) is 4.03. The fourth-order valence-corrected chi connectivity index (χ4v) is 3.72. The highest BCUT2D eigenvalue weighted by Gasteiger charge is 2.38. The summed E-state index contributed by atoms with van der Waals surface area (Å²) in [5, 5.41) is 3.16. The Balaban J connectivity index is 1.52. The maximum atomic E-state index is 12.2. The van der Waals surface area contributed by atoms with E-state index in [9.17, 15) is 4.79 Å². The van der Waals surface area contributed by atoms with Gasteiger partial charge in [0.1, 0.15) is 0 Å². The maximum Gasteiger partial charge on any atom is 0.220 e. The Kier molecular flexibility index (Phi) is 5.16. The van der Waals surface area contributed by atoms with Crippen LogP contribution >= 0.6 is 15.9 Å². The van der Waals surface area contributed by atoms with Gasteiger partial charge in [-0.1, -0.05) is 64.8 Å². The molecule has 2 aromatic rings. The lowest BCUT2D eigenvalue weighted by atomic mass is 9.64. The van der Waals surface area contributed by atoms with E-state index in [2.05, 4.69) is 57.6 Å². The minimum absolute atomic E-state index is 0.146. The van der Waals surface area contributed by atoms with Crippen LogP contribution in [0.3, 0.4) is 0 Å². The summed E-state index contributed by atoms with van der Waals surface area (Å²) in [6, 6.07) is 18.8. The molecule has 2 aromatic carbocycles. The minimum Gasteiger partial charge on any atom is -0.355 e. The molecule has 1 amide bonds. The predicted octanol–water partition coefficient (Wildman–Crippen LogP) is 4.62. The molecule has 0 aromatic heterocycles. The molecule has 3 rings (SSSR count). The fraction of sp³-hybridized carbons (Fsp3) is 0.350. The number of halogens is 1. The zero-order chi connectivity index (χ0) is 16.1. The first-order valence-electron chi connectivity index (χ1n) is 8.25. The molecule has 0 saturated heterocycles. The van der Waals surface area contributed by atoms with Gasteiger partial charge in [-0.15, -0.1) is 0 Å². The van der Waals surface area contributed by atoms with Crippen LogP contribution < -0.4 is 5.32 Å². The number of rotatable bonds is 6. The summed E-state index contributed by atoms with van der Waals surface area (Å²) in [5.74, 6) is 0.146. The third-order valence-electron chi connectivity index (χ3n) is 4.85. The average molecular weight is 372 g/mol. The van der Waals surface area contributed by atoms with Crippen molar-refractivity contribution in [3.8, 4) is 0 Å². The first-order valence-corrected chi connectivity index (χ1v) is 9.04. The molecule has 2 nitrogen and oxygen atoms in total. The number of hydrogen-bond donors (Lipinski definition) is 1. The molecule has 0 radical (unpaired) electrons. The van der Waals surface area contributed by atoms with Crippen LogP contribution in [0.25, 0.3) is 0 Å². The average Bonchev–Trinajstić information content (AvgIpc) is 2.53. The van der Waals surface area contributed by atoms with Gasteiger partial charge < -0.3 is 5.32 Å². The number of hydrogen-bond acceptors (Lipinski definition) is 1. The number of nitrogens with one attached hydrogen (secondary N) is 1. The van der Waals surface area contributed by atoms with Crippen molar-refractivity contribution in [1.82, 2.24) is 5.32 Å². The van der Waals surface area contributed by atoms with Crippen molar-refractivity contribution in [1.29, 1.82) is 0 Å². The summed E-state index contributed by atoms with van der Waals surface area (Å²) >= 11 is 3.47. The van der Waals surface area contributed by atoms with Gasteiger partial charge in [0.15, 0.2) is 0 Å². The van der Waals surface area contributed by atoms with Gasteiger partial charge in [0.2, 0.25) is 5.91 Å². The summed E-state index contributed by atoms with van der Waals surface area (Å²) in [4.78, 5) is 12.2. The first kappa shape index (κ1) is 16.3. The van der Waals surface area contributed by atoms with Gasteiger partial charge in [0.25, 0.3) is 0 Å². The van der Waals surface area contributed by atoms with Crippen LogP contribution in [0.1, 0.15) is 36.8 Å². The number of amides is 1. The highest BCUT2D eigenvalue weighted by molar-refractivity contribution is 9.10. The summed E-state index contributed by atoms with van der Waals surface area (Å²) in [6.07, 6.45) is 4.92. The lowest BCUT2D eigenvalue weighted by molar-refractivity contribution is -0.121. The third-order valence-corrected chi connectivity index (χ3v) is 5.34. The second kappa shape index (κ2) is 7.31. The van der Waals surface area contributed by atoms with E-state index in [1.54, 1.807) is 0 Å². The molecule has 1 aliphatic carbocycles. The number of carbonyl (C=O) groups is 1. The largest absolute Gasteiger partial charge is 0.355 e. The fourth-order valence-electron chi connectivity index (χ4n) is 3.27. The Hall–Kier alpha value is -1.61. The molecular formula is C20H22BrNO. The zero-order valence-corrected chi connectivity index (χ0v) is 14.8. The topological polar surface area (TPSA) is 29.1 Å². The Morgan fingerprint density at radius 2 is 1.87 bits per heavy atom. The Bertz CT molecular complexity index is 664. The van der Waals surface area contributed by atoms with Gasteiger partial charge in [-0.25, -0.2) is 0 Å². The lowest BCUT2D eigenvalue weighted by Crippen LogP contribution is -2.45. The van der Waals surface area contributed by atoms with Gasteiger partial charge in [-0.05, 0) is 42.5 Å². The second-order valence-corrected chi connectivity index (χ2v) is 7.32. The van der Waals surface area contributed by atoms with Gasteiger partial charge in [-0.2, -0.15) is 0 Å². The van der Waals surface area contributed by atoms with E-state index in [1.807, 2.05) is 18.2 Å². The first-order chi connectivity index (χ1) is 11.2. The van der Waals surface area contributed by atoms with Crippen LogP contribution in [0.5, 0.6) is 0 Å². The van der Waals surface area contributed by atoms with Gasteiger partial charge in [0.05, 0.1) is 0 Å². The molecule has 1 aliphatic rings. The van der Waals surface area contributed by atoms with Gasteiger partial charge >= 0.3 is 0 Å². The van der Waals surface area contributed by atoms with Crippen molar-refractivity contribution >= 4 is 21.8 Å². The standard InChI is InChI=1S/C20H22BrNO/c21-18-9-4-6-16(14-18)10-11-19(23)22-15-20(12-5-13-20)17-7-2-1-3-8-17/h1-4,6-9,14H,5,10-13,15H2,(H,22,23). The van der Waals surface area contributed by atoms with Crippen LogP contribution in [-0.4, -0.2) is 12.5 Å². The Labute approximate surface area is 146 Å². The number of carbonyl (C=O) groups excluding carboxylic acids is 1. The van der Waals surface area contributed by atoms with Gasteiger partial charge in [-0.3, -0.25) is 4.79 Å². The Morgan fingerprint density at radius 1 is 1.09 bits per heavy atom. The summed E-state index contributed by atoms with van der Waals surface area (Å²) in [5.41, 5.74) is 2.71. The van der Waals surface area contributed by atoms with E-state index >= 15 is 0 Å². The quantitative estimate of drug-likeness (QED) is 0.788. The van der Waals surface area contributed by atoms with Crippen molar-refractivity contribution in [2.24, 2.45) is 0 Å². The number of aryl methyl sites for hydroxylation is 1. The molecule has 1 fully saturated rings. The summed E-state index contributed by atoms with van der Waals surface area (Å²) < 4.78 is 1.06. The monoisotopic (exact) mass is 371 g/mol. The molecule has 0 unspecified atom stereocenters. The van der Waals surface area contributed by atoms with E-state index < -0.39 is 0 Å². The number of benzene rings is 2. The van der Waals surface area contributed by atoms with Crippen LogP contribution in [0.4, 0.5) is 0 Å². The smallest absolute Gasteiger partial charge is 0.220 e. The van der Waals surface area contributed by atoms with E-state index in [0.29, 0.717) is 6.42 Å². The summed E-state index contributed by atoms with van der Waals surface area (Å²) in [6.45, 7) is 0.758. The van der Waals surface area contributed by atoms with Crippen LogP contribution in [-0.2, 0) is 16.6 Å². The molecule has 3 heteroatoms. The van der Waals surface area contributed by atoms with Crippen molar-refractivity contribution in [2.75, 3.05) is 6.54 Å². The molecule has 1 saturated carbocycles. The molecule has 1 N–H and O–H groups in total. The molecule has 0 heterocycles. The summed E-state index contributed by atoms with van der Waals surface area (Å²) in [7, 11) is 0. The van der Waals surface area contributed by atoms with Crippen molar-refractivity contribution in [3.63, 3.8) is 0 Å². The molecule has 120 valence electrons. The normalized spacial score (nSPS) is 15.7. The van der Waals surface area contributed by atoms with Crippen molar-refractivity contribution < 1.29 is 4.79 Å². The Morgan fingerprint density at radius 3 is 2.52 bits per heavy atom. The highest BCUT2D eigenvalue weighted by atomic mass is 79.9. The van der Waals surface area contributed by atoms with E-state index in [-0.39, 0.29) is 11.3 Å². The molecule has 0 atom stereocenters. The van der Waals surface area contributed by atoms with Crippen LogP contribution in [0, 0.1) is 0 Å². The molecule has 0 aliphatic heterocycles. The highest BCUT2D eigenvalue weighted by Crippen LogP contribution is 2.43. The zero-order valence-electron chi connectivity index (χ0n) is 13.2. The minimum atomic E-state index is 0.146. The predicted molar refractivity (Wildman–Crippen MR) is 97.4 cm³/mol. The lowest BCUT2D eigenvalue weighted by Gasteiger charge is -2.42. The van der Waals surface area contributed by atoms with Crippen molar-refractivity contribution in [2.45, 2.75) is 37.5 Å². The molecule has 0 spiro atoms. The van der Waals surface area contributed by atoms with Crippen LogP contribution in [0.2, 0.25) is 0 Å². The molecular weight excluding hydrogens is 350 g/mol. The molecule has 23 heavy (non-hydrogen) atoms. The van der Waals surface area contributed by atoms with Crippen LogP contribution in [0.15, 0.2) is 59.1 Å². The second-order valence-electron chi connectivity index (χ2n) is 6.41. The van der Waals surface area contributed by atoms with E-state index in [1.165, 1.54) is 30.4 Å². The SMILES string of the molecule is O=C(CCc1cccc(Br)c1)NCC1(c2ccccc2)CCC1. The van der Waals surface area contributed by atoms with Crippen molar-refractivity contribution in [3.05, 3.63) is 70.2 Å². The van der Waals surface area contributed by atoms with E-state index in [4.69, 9.17) is 0 Å². The maximum absolute atomic E-state index is 12.2.